The SMILES string of the molecule is CCN=C(NC1=NC(c2ccccc2OC)Nc2ccccc21)c1cc(F)cc(F)c1C. The van der Waals surface area contributed by atoms with Crippen LogP contribution in [-0.4, -0.2) is 25.3 Å². The standard InChI is InChI=1S/C25H24F2N4O/c1-4-28-23(19-13-16(26)14-20(27)15(19)2)30-24-17-9-5-7-11-21(17)29-25(31-24)18-10-6-8-12-22(18)32-3/h5-14,25,29H,4H2,1-3H3,(H,28,30,31). The fraction of sp³-hybridized carbons (Fsp3) is 0.200. The third-order valence-electron chi connectivity index (χ3n) is 5.28. The van der Waals surface area contributed by atoms with E-state index in [4.69, 9.17) is 9.73 Å². The molecule has 0 bridgehead atoms. The molecule has 0 amide bonds. The van der Waals surface area contributed by atoms with Crippen molar-refractivity contribution < 1.29 is 13.5 Å². The molecule has 0 fully saturated rings. The largest absolute Gasteiger partial charge is 0.496 e. The molecule has 0 saturated carbocycles. The molecule has 0 aromatic heterocycles. The Kier molecular flexibility index (Phi) is 6.16. The summed E-state index contributed by atoms with van der Waals surface area (Å²) in [5.41, 5.74) is 3.24. The normalized spacial score (nSPS) is 15.5. The van der Waals surface area contributed by atoms with Crippen LogP contribution in [0.5, 0.6) is 5.75 Å². The Morgan fingerprint density at radius 2 is 1.88 bits per heavy atom. The molecular weight excluding hydrogens is 410 g/mol. The van der Waals surface area contributed by atoms with E-state index in [1.165, 1.54) is 6.07 Å². The molecule has 1 heterocycles. The van der Waals surface area contributed by atoms with Gasteiger partial charge < -0.3 is 15.4 Å². The fourth-order valence-electron chi connectivity index (χ4n) is 3.69. The lowest BCUT2D eigenvalue weighted by Gasteiger charge is -2.27. The van der Waals surface area contributed by atoms with Crippen LogP contribution in [0.2, 0.25) is 0 Å². The van der Waals surface area contributed by atoms with Crippen LogP contribution >= 0.6 is 0 Å². The lowest BCUT2D eigenvalue weighted by Crippen LogP contribution is -2.36. The maximum Gasteiger partial charge on any atom is 0.150 e. The molecule has 0 spiro atoms. The van der Waals surface area contributed by atoms with Gasteiger partial charge in [-0.1, -0.05) is 30.3 Å². The molecule has 3 aromatic rings. The van der Waals surface area contributed by atoms with Crippen LogP contribution < -0.4 is 15.4 Å². The number of rotatable bonds is 4. The van der Waals surface area contributed by atoms with Crippen molar-refractivity contribution in [1.82, 2.24) is 5.32 Å². The first-order valence-corrected chi connectivity index (χ1v) is 10.4. The monoisotopic (exact) mass is 434 g/mol. The number of fused-ring (bicyclic) bond motifs is 1. The van der Waals surface area contributed by atoms with Crippen molar-refractivity contribution >= 4 is 17.4 Å². The second kappa shape index (κ2) is 9.18. The minimum atomic E-state index is -0.659. The number of aliphatic imine (C=N–C) groups is 2. The number of methoxy groups -OCH3 is 1. The van der Waals surface area contributed by atoms with Crippen molar-refractivity contribution in [3.8, 4) is 5.75 Å². The minimum absolute atomic E-state index is 0.315. The summed E-state index contributed by atoms with van der Waals surface area (Å²) in [7, 11) is 1.62. The van der Waals surface area contributed by atoms with Gasteiger partial charge >= 0.3 is 0 Å². The highest BCUT2D eigenvalue weighted by molar-refractivity contribution is 6.17. The minimum Gasteiger partial charge on any atom is -0.496 e. The van der Waals surface area contributed by atoms with Gasteiger partial charge in [-0.3, -0.25) is 4.99 Å². The maximum atomic E-state index is 14.2. The van der Waals surface area contributed by atoms with E-state index in [2.05, 4.69) is 15.6 Å². The van der Waals surface area contributed by atoms with Crippen LogP contribution in [0.3, 0.4) is 0 Å². The Balaban J connectivity index is 1.80. The molecule has 1 atom stereocenters. The zero-order chi connectivity index (χ0) is 22.7. The average Bonchev–Trinajstić information content (AvgIpc) is 2.81. The maximum absolute atomic E-state index is 14.2. The van der Waals surface area contributed by atoms with Gasteiger partial charge in [0.25, 0.3) is 0 Å². The van der Waals surface area contributed by atoms with Crippen LogP contribution in [0.15, 0.2) is 70.6 Å². The van der Waals surface area contributed by atoms with Gasteiger partial charge in [-0.25, -0.2) is 13.8 Å². The van der Waals surface area contributed by atoms with Crippen LogP contribution in [0, 0.1) is 18.6 Å². The van der Waals surface area contributed by atoms with Gasteiger partial charge in [0.15, 0.2) is 6.17 Å². The van der Waals surface area contributed by atoms with Gasteiger partial charge in [0.1, 0.15) is 29.1 Å². The molecule has 7 heteroatoms. The van der Waals surface area contributed by atoms with Crippen molar-refractivity contribution in [3.05, 3.63) is 94.6 Å². The lowest BCUT2D eigenvalue weighted by atomic mass is 10.0. The topological polar surface area (TPSA) is 58.0 Å². The van der Waals surface area contributed by atoms with E-state index >= 15 is 0 Å². The van der Waals surface area contributed by atoms with Crippen LogP contribution in [0.1, 0.15) is 35.3 Å². The lowest BCUT2D eigenvalue weighted by molar-refractivity contribution is 0.407. The van der Waals surface area contributed by atoms with Gasteiger partial charge in [-0.15, -0.1) is 0 Å². The summed E-state index contributed by atoms with van der Waals surface area (Å²) in [6.45, 7) is 3.90. The molecule has 0 aliphatic carbocycles. The molecule has 1 unspecified atom stereocenters. The van der Waals surface area contributed by atoms with E-state index in [9.17, 15) is 8.78 Å². The van der Waals surface area contributed by atoms with Crippen molar-refractivity contribution in [2.24, 2.45) is 9.98 Å². The quantitative estimate of drug-likeness (QED) is 0.438. The zero-order valence-electron chi connectivity index (χ0n) is 18.1. The number of anilines is 1. The summed E-state index contributed by atoms with van der Waals surface area (Å²) in [6.07, 6.45) is -0.420. The summed E-state index contributed by atoms with van der Waals surface area (Å²) in [5.74, 6) is 0.334. The van der Waals surface area contributed by atoms with Gasteiger partial charge in [-0.2, -0.15) is 0 Å². The molecule has 0 saturated heterocycles. The van der Waals surface area contributed by atoms with E-state index in [0.29, 0.717) is 35.1 Å². The highest BCUT2D eigenvalue weighted by atomic mass is 19.1. The first-order valence-electron chi connectivity index (χ1n) is 10.4. The van der Waals surface area contributed by atoms with Crippen LogP contribution in [-0.2, 0) is 0 Å². The average molecular weight is 434 g/mol. The highest BCUT2D eigenvalue weighted by Crippen LogP contribution is 2.33. The molecule has 5 nitrogen and oxygen atoms in total. The fourth-order valence-corrected chi connectivity index (χ4v) is 3.69. The summed E-state index contributed by atoms with van der Waals surface area (Å²) in [5, 5.41) is 6.67. The second-order valence-corrected chi connectivity index (χ2v) is 7.32. The summed E-state index contributed by atoms with van der Waals surface area (Å²) < 4.78 is 33.8. The Labute approximate surface area is 185 Å². The molecule has 2 N–H and O–H groups in total. The van der Waals surface area contributed by atoms with Crippen molar-refractivity contribution in [2.75, 3.05) is 19.0 Å². The first-order chi connectivity index (χ1) is 15.5. The molecule has 32 heavy (non-hydrogen) atoms. The van der Waals surface area contributed by atoms with Crippen LogP contribution in [0.25, 0.3) is 0 Å². The number of amidine groups is 2. The van der Waals surface area contributed by atoms with Crippen LogP contribution in [0.4, 0.5) is 14.5 Å². The number of nitrogens with zero attached hydrogens (tertiary/aromatic N) is 2. The van der Waals surface area contributed by atoms with Gasteiger partial charge in [0.2, 0.25) is 0 Å². The molecule has 164 valence electrons. The third-order valence-corrected chi connectivity index (χ3v) is 5.28. The second-order valence-electron chi connectivity index (χ2n) is 7.32. The Hall–Kier alpha value is -3.74. The van der Waals surface area contributed by atoms with Crippen molar-refractivity contribution in [1.29, 1.82) is 0 Å². The third kappa shape index (κ3) is 4.19. The first kappa shape index (κ1) is 21.5. The predicted octanol–water partition coefficient (Wildman–Crippen LogP) is 5.21. The number of para-hydroxylation sites is 2. The van der Waals surface area contributed by atoms with Gasteiger partial charge in [-0.05, 0) is 43.7 Å². The predicted molar refractivity (Wildman–Crippen MR) is 124 cm³/mol. The van der Waals surface area contributed by atoms with E-state index in [-0.39, 0.29) is 0 Å². The van der Waals surface area contributed by atoms with E-state index < -0.39 is 17.8 Å². The summed E-state index contributed by atoms with van der Waals surface area (Å²) in [4.78, 5) is 9.35. The summed E-state index contributed by atoms with van der Waals surface area (Å²) >= 11 is 0. The number of nitrogens with one attached hydrogen (secondary N) is 2. The number of hydrogen-bond donors (Lipinski definition) is 2. The number of ether oxygens (including phenoxy) is 1. The zero-order valence-corrected chi connectivity index (χ0v) is 18.1. The van der Waals surface area contributed by atoms with E-state index in [1.807, 2.05) is 55.5 Å². The van der Waals surface area contributed by atoms with Crippen molar-refractivity contribution in [3.63, 3.8) is 0 Å². The molecular formula is C25H24F2N4O. The molecule has 0 radical (unpaired) electrons. The smallest absolute Gasteiger partial charge is 0.150 e. The Morgan fingerprint density at radius 1 is 1.12 bits per heavy atom. The van der Waals surface area contributed by atoms with Gasteiger partial charge in [0.05, 0.1) is 7.11 Å². The Morgan fingerprint density at radius 3 is 2.66 bits per heavy atom. The van der Waals surface area contributed by atoms with Gasteiger partial charge in [0, 0.05) is 35.0 Å². The number of halogens is 2. The van der Waals surface area contributed by atoms with E-state index in [0.717, 1.165) is 22.9 Å². The van der Waals surface area contributed by atoms with Crippen molar-refractivity contribution in [2.45, 2.75) is 20.0 Å². The summed E-state index contributed by atoms with van der Waals surface area (Å²) in [6, 6.07) is 17.5. The molecule has 1 aliphatic rings. The molecule has 1 aliphatic heterocycles. The Bertz CT molecular complexity index is 1210. The number of hydrogen-bond acceptors (Lipinski definition) is 4. The number of benzene rings is 3. The molecule has 3 aromatic carbocycles. The highest BCUT2D eigenvalue weighted by Gasteiger charge is 2.25. The van der Waals surface area contributed by atoms with E-state index in [1.54, 1.807) is 14.0 Å². The molecule has 4 rings (SSSR count).